The van der Waals surface area contributed by atoms with E-state index in [0.717, 1.165) is 17.4 Å². The molecule has 0 radical (unpaired) electrons. The molecule has 1 aromatic heterocycles. The van der Waals surface area contributed by atoms with Gasteiger partial charge >= 0.3 is 0 Å². The molecule has 1 saturated heterocycles. The summed E-state index contributed by atoms with van der Waals surface area (Å²) < 4.78 is 20.2. The van der Waals surface area contributed by atoms with Crippen LogP contribution in [0, 0.1) is 11.2 Å². The number of anilines is 2. The lowest BCUT2D eigenvalue weighted by molar-refractivity contribution is -0.132. The van der Waals surface area contributed by atoms with Gasteiger partial charge in [0.05, 0.1) is 21.5 Å². The van der Waals surface area contributed by atoms with Gasteiger partial charge in [0, 0.05) is 24.2 Å². The van der Waals surface area contributed by atoms with Crippen LogP contribution in [0.15, 0.2) is 30.3 Å². The third-order valence-electron chi connectivity index (χ3n) is 5.06. The van der Waals surface area contributed by atoms with Crippen molar-refractivity contribution in [2.75, 3.05) is 36.5 Å². The summed E-state index contributed by atoms with van der Waals surface area (Å²) >= 11 is 6.95. The zero-order chi connectivity index (χ0) is 25.8. The summed E-state index contributed by atoms with van der Waals surface area (Å²) in [5.41, 5.74) is -0.582. The van der Waals surface area contributed by atoms with Crippen molar-refractivity contribution in [2.45, 2.75) is 26.8 Å². The Bertz CT molecular complexity index is 1130. The molecule has 0 aliphatic carbocycles. The number of benzene rings is 1. The highest BCUT2D eigenvalue weighted by molar-refractivity contribution is 7.18. The largest absolute Gasteiger partial charge is 0.370 e. The second-order valence-corrected chi connectivity index (χ2v) is 10.6. The van der Waals surface area contributed by atoms with E-state index in [4.69, 9.17) is 16.3 Å². The molecule has 4 amide bonds. The van der Waals surface area contributed by atoms with E-state index in [1.54, 1.807) is 32.9 Å². The average molecular weight is 525 g/mol. The van der Waals surface area contributed by atoms with Crippen LogP contribution in [0.25, 0.3) is 0 Å². The first kappa shape index (κ1) is 26.6. The third kappa shape index (κ3) is 7.00. The molecule has 3 rings (SSSR count). The van der Waals surface area contributed by atoms with E-state index in [1.165, 1.54) is 17.0 Å². The minimum atomic E-state index is -1.13. The molecule has 1 aromatic carbocycles. The monoisotopic (exact) mass is 524 g/mol. The van der Waals surface area contributed by atoms with Gasteiger partial charge in [-0.1, -0.05) is 32.4 Å². The van der Waals surface area contributed by atoms with Gasteiger partial charge in [0.15, 0.2) is 0 Å². The fraction of sp³-hybridized carbons (Fsp3) is 0.391. The molecule has 1 aliphatic heterocycles. The Labute approximate surface area is 211 Å². The highest BCUT2D eigenvalue weighted by Crippen LogP contribution is 2.25. The molecule has 1 atom stereocenters. The van der Waals surface area contributed by atoms with Crippen molar-refractivity contribution in [2.24, 2.45) is 5.41 Å². The fourth-order valence-electron chi connectivity index (χ4n) is 3.11. The van der Waals surface area contributed by atoms with Crippen molar-refractivity contribution in [3.05, 3.63) is 45.4 Å². The van der Waals surface area contributed by atoms with Crippen LogP contribution in [-0.4, -0.2) is 56.0 Å². The van der Waals surface area contributed by atoms with Gasteiger partial charge in [-0.2, -0.15) is 0 Å². The minimum Gasteiger partial charge on any atom is -0.370 e. The van der Waals surface area contributed by atoms with Crippen LogP contribution in [0.2, 0.25) is 4.34 Å². The van der Waals surface area contributed by atoms with E-state index < -0.39 is 35.0 Å². The van der Waals surface area contributed by atoms with Gasteiger partial charge in [-0.3, -0.25) is 19.2 Å². The first-order valence-corrected chi connectivity index (χ1v) is 12.0. The molecule has 9 nitrogen and oxygen atoms in total. The molecule has 2 heterocycles. The Morgan fingerprint density at radius 3 is 2.57 bits per heavy atom. The van der Waals surface area contributed by atoms with Gasteiger partial charge in [-0.25, -0.2) is 4.39 Å². The molecule has 0 unspecified atom stereocenters. The number of ether oxygens (including phenoxy) is 1. The maximum Gasteiger partial charge on any atom is 0.261 e. The molecule has 2 aromatic rings. The summed E-state index contributed by atoms with van der Waals surface area (Å²) in [6.07, 6.45) is 0. The molecule has 12 heteroatoms. The number of amides is 4. The van der Waals surface area contributed by atoms with E-state index in [9.17, 15) is 23.6 Å². The minimum absolute atomic E-state index is 0.0794. The van der Waals surface area contributed by atoms with Gasteiger partial charge in [0.1, 0.15) is 18.5 Å². The predicted molar refractivity (Wildman–Crippen MR) is 131 cm³/mol. The normalized spacial score (nSPS) is 14.9. The van der Waals surface area contributed by atoms with Crippen molar-refractivity contribution in [1.29, 1.82) is 0 Å². The van der Waals surface area contributed by atoms with Gasteiger partial charge in [-0.05, 0) is 30.3 Å². The van der Waals surface area contributed by atoms with E-state index in [-0.39, 0.29) is 37.0 Å². The highest BCUT2D eigenvalue weighted by atomic mass is 35.5. The molecular weight excluding hydrogens is 499 g/mol. The zero-order valence-corrected chi connectivity index (χ0v) is 21.0. The highest BCUT2D eigenvalue weighted by Gasteiger charge is 2.29. The second kappa shape index (κ2) is 11.1. The summed E-state index contributed by atoms with van der Waals surface area (Å²) in [5, 5.41) is 7.79. The number of carbonyl (C=O) groups is 4. The molecule has 3 N–H and O–H groups in total. The summed E-state index contributed by atoms with van der Waals surface area (Å²) in [4.78, 5) is 51.5. The molecule has 188 valence electrons. The second-order valence-electron chi connectivity index (χ2n) is 8.84. The lowest BCUT2D eigenvalue weighted by Gasteiger charge is -2.27. The molecule has 0 bridgehead atoms. The number of hydrogen-bond donors (Lipinski definition) is 3. The maximum atomic E-state index is 14.7. The number of nitrogens with one attached hydrogen (secondary N) is 3. The van der Waals surface area contributed by atoms with Crippen molar-refractivity contribution in [3.63, 3.8) is 0 Å². The van der Waals surface area contributed by atoms with Crippen molar-refractivity contribution in [3.8, 4) is 0 Å². The number of halogens is 2. The number of thiophene rings is 1. The maximum absolute atomic E-state index is 14.7. The van der Waals surface area contributed by atoms with Gasteiger partial charge in [0.2, 0.25) is 11.8 Å². The van der Waals surface area contributed by atoms with E-state index in [0.29, 0.717) is 15.8 Å². The first-order chi connectivity index (χ1) is 16.5. The molecule has 1 fully saturated rings. The van der Waals surface area contributed by atoms with Gasteiger partial charge in [-0.15, -0.1) is 11.3 Å². The quantitative estimate of drug-likeness (QED) is 0.515. The number of nitrogens with zero attached hydrogens (tertiary/aromatic N) is 1. The Hall–Kier alpha value is -3.02. The Balaban J connectivity index is 1.72. The Morgan fingerprint density at radius 1 is 1.23 bits per heavy atom. The SMILES string of the molecule is CC(C)(C)C(=O)N[C@@H](CNC(=O)c1ccc(Cl)s1)C(=O)Nc1ccc(N2CCOCC2=O)c(F)c1. The third-order valence-corrected chi connectivity index (χ3v) is 6.29. The van der Waals surface area contributed by atoms with Crippen molar-refractivity contribution < 1.29 is 28.3 Å². The number of carbonyl (C=O) groups excluding carboxylic acids is 4. The van der Waals surface area contributed by atoms with Gasteiger partial charge in [0.25, 0.3) is 11.8 Å². The van der Waals surface area contributed by atoms with Crippen molar-refractivity contribution in [1.82, 2.24) is 10.6 Å². The van der Waals surface area contributed by atoms with Gasteiger partial charge < -0.3 is 25.6 Å². The lowest BCUT2D eigenvalue weighted by atomic mass is 9.95. The summed E-state index contributed by atoms with van der Waals surface area (Å²) in [7, 11) is 0. The fourth-order valence-corrected chi connectivity index (χ4v) is 4.07. The summed E-state index contributed by atoms with van der Waals surface area (Å²) in [6.45, 7) is 5.24. The molecule has 0 spiro atoms. The zero-order valence-electron chi connectivity index (χ0n) is 19.4. The average Bonchev–Trinajstić information content (AvgIpc) is 3.22. The van der Waals surface area contributed by atoms with E-state index in [2.05, 4.69) is 16.0 Å². The van der Waals surface area contributed by atoms with Crippen LogP contribution in [0.4, 0.5) is 15.8 Å². The Morgan fingerprint density at radius 2 is 1.97 bits per heavy atom. The number of rotatable bonds is 7. The van der Waals surface area contributed by atoms with Crippen LogP contribution < -0.4 is 20.9 Å². The Kier molecular flexibility index (Phi) is 8.47. The van der Waals surface area contributed by atoms with Crippen LogP contribution >= 0.6 is 22.9 Å². The molecule has 1 aliphatic rings. The van der Waals surface area contributed by atoms with Crippen molar-refractivity contribution >= 4 is 57.9 Å². The molecule has 35 heavy (non-hydrogen) atoms. The number of hydrogen-bond acceptors (Lipinski definition) is 6. The molecule has 0 saturated carbocycles. The molecular formula is C23H26ClFN4O5S. The predicted octanol–water partition coefficient (Wildman–Crippen LogP) is 2.80. The first-order valence-electron chi connectivity index (χ1n) is 10.8. The van der Waals surface area contributed by atoms with Crippen LogP contribution in [0.3, 0.4) is 0 Å². The van der Waals surface area contributed by atoms with E-state index >= 15 is 0 Å². The van der Waals surface area contributed by atoms with Crippen LogP contribution in [-0.2, 0) is 19.1 Å². The standard InChI is InChI=1S/C23H26ClFN4O5S/c1-23(2,3)22(33)28-15(11-26-21(32)17-6-7-18(24)35-17)20(31)27-13-4-5-16(14(25)10-13)29-8-9-34-12-19(29)30/h4-7,10,15H,8-9,11-12H2,1-3H3,(H,26,32)(H,27,31)(H,28,33)/t15-/m0/s1. The van der Waals surface area contributed by atoms with Crippen LogP contribution in [0.5, 0.6) is 0 Å². The summed E-state index contributed by atoms with van der Waals surface area (Å²) in [5.74, 6) is -2.56. The topological polar surface area (TPSA) is 117 Å². The lowest BCUT2D eigenvalue weighted by Crippen LogP contribution is -2.53. The number of morpholine rings is 1. The smallest absolute Gasteiger partial charge is 0.261 e. The van der Waals surface area contributed by atoms with E-state index in [1.807, 2.05) is 0 Å². The summed E-state index contributed by atoms with van der Waals surface area (Å²) in [6, 6.07) is 5.92. The van der Waals surface area contributed by atoms with Crippen LogP contribution in [0.1, 0.15) is 30.4 Å².